The lowest BCUT2D eigenvalue weighted by Crippen LogP contribution is -2.58. The number of piperazine rings is 1. The number of amides is 1. The van der Waals surface area contributed by atoms with Crippen molar-refractivity contribution in [1.29, 1.82) is 0 Å². The van der Waals surface area contributed by atoms with Crippen molar-refractivity contribution in [3.63, 3.8) is 0 Å². The molecule has 1 heterocycles. The maximum atomic E-state index is 12.7. The Labute approximate surface area is 117 Å². The van der Waals surface area contributed by atoms with Gasteiger partial charge in [0.2, 0.25) is 5.91 Å². The third-order valence-corrected chi connectivity index (χ3v) is 4.78. The van der Waals surface area contributed by atoms with E-state index in [0.29, 0.717) is 12.5 Å². The van der Waals surface area contributed by atoms with Crippen LogP contribution in [0.4, 0.5) is 0 Å². The first-order valence-corrected chi connectivity index (χ1v) is 7.69. The average molecular weight is 268 g/mol. The fraction of sp³-hybridized carbons (Fsp3) is 0.933. The number of methoxy groups -OCH3 is 1. The van der Waals surface area contributed by atoms with E-state index in [2.05, 4.69) is 23.6 Å². The minimum atomic E-state index is 0.144. The molecule has 1 amide bonds. The van der Waals surface area contributed by atoms with Gasteiger partial charge in [0.05, 0.1) is 5.54 Å². The van der Waals surface area contributed by atoms with Crippen LogP contribution in [0.5, 0.6) is 0 Å². The Morgan fingerprint density at radius 1 is 1.32 bits per heavy atom. The lowest BCUT2D eigenvalue weighted by atomic mass is 9.98. The Morgan fingerprint density at radius 3 is 2.58 bits per heavy atom. The smallest absolute Gasteiger partial charge is 0.226 e. The molecule has 0 bridgehead atoms. The second-order valence-corrected chi connectivity index (χ2v) is 5.97. The Morgan fingerprint density at radius 2 is 2.05 bits per heavy atom. The second kappa shape index (κ2) is 6.23. The van der Waals surface area contributed by atoms with E-state index in [9.17, 15) is 4.79 Å². The van der Waals surface area contributed by atoms with Crippen LogP contribution in [0, 0.1) is 5.92 Å². The van der Waals surface area contributed by atoms with Gasteiger partial charge in [-0.1, -0.05) is 13.8 Å². The predicted octanol–water partition coefficient (Wildman–Crippen LogP) is 1.75. The molecule has 0 N–H and O–H groups in total. The number of hydrogen-bond donors (Lipinski definition) is 0. The maximum Gasteiger partial charge on any atom is 0.226 e. The first-order valence-electron chi connectivity index (χ1n) is 7.69. The number of nitrogens with zero attached hydrogens (tertiary/aromatic N) is 2. The van der Waals surface area contributed by atoms with Gasteiger partial charge in [-0.25, -0.2) is 0 Å². The summed E-state index contributed by atoms with van der Waals surface area (Å²) < 4.78 is 5.13. The summed E-state index contributed by atoms with van der Waals surface area (Å²) in [5.41, 5.74) is 0.186. The molecule has 110 valence electrons. The molecule has 2 rings (SSSR count). The van der Waals surface area contributed by atoms with E-state index in [1.807, 2.05) is 0 Å². The quantitative estimate of drug-likeness (QED) is 0.736. The van der Waals surface area contributed by atoms with Crippen molar-refractivity contribution in [2.24, 2.45) is 5.92 Å². The summed E-state index contributed by atoms with van der Waals surface area (Å²) in [5, 5.41) is 0. The van der Waals surface area contributed by atoms with Crippen LogP contribution in [-0.2, 0) is 9.53 Å². The van der Waals surface area contributed by atoms with E-state index in [4.69, 9.17) is 4.74 Å². The van der Waals surface area contributed by atoms with Gasteiger partial charge in [0.1, 0.15) is 0 Å². The normalized spacial score (nSPS) is 23.6. The molecule has 1 spiro atoms. The van der Waals surface area contributed by atoms with Gasteiger partial charge >= 0.3 is 0 Å². The van der Waals surface area contributed by atoms with Gasteiger partial charge in [-0.2, -0.15) is 0 Å². The zero-order valence-electron chi connectivity index (χ0n) is 12.7. The molecular formula is C15H28N2O2. The van der Waals surface area contributed by atoms with E-state index >= 15 is 0 Å². The van der Waals surface area contributed by atoms with Crippen LogP contribution in [0.1, 0.15) is 39.5 Å². The first kappa shape index (κ1) is 14.8. The van der Waals surface area contributed by atoms with Crippen molar-refractivity contribution >= 4 is 5.91 Å². The van der Waals surface area contributed by atoms with Crippen molar-refractivity contribution < 1.29 is 9.53 Å². The summed E-state index contributed by atoms with van der Waals surface area (Å²) >= 11 is 0. The Bertz CT molecular complexity index is 315. The summed E-state index contributed by atoms with van der Waals surface area (Å²) in [5.74, 6) is 0.512. The number of rotatable bonds is 6. The molecule has 0 aromatic heterocycles. The van der Waals surface area contributed by atoms with Crippen LogP contribution in [0.3, 0.4) is 0 Å². The molecule has 4 heteroatoms. The molecule has 1 aliphatic heterocycles. The van der Waals surface area contributed by atoms with Crippen molar-refractivity contribution in [3.05, 3.63) is 0 Å². The lowest BCUT2D eigenvalue weighted by Gasteiger charge is -2.43. The van der Waals surface area contributed by atoms with Crippen molar-refractivity contribution in [3.8, 4) is 0 Å². The Hall–Kier alpha value is -0.610. The zero-order chi connectivity index (χ0) is 13.9. The minimum absolute atomic E-state index is 0.144. The molecule has 0 aromatic carbocycles. The largest absolute Gasteiger partial charge is 0.385 e. The number of carbonyl (C=O) groups is 1. The van der Waals surface area contributed by atoms with Crippen LogP contribution < -0.4 is 0 Å². The fourth-order valence-electron chi connectivity index (χ4n) is 3.23. The minimum Gasteiger partial charge on any atom is -0.385 e. The molecule has 0 radical (unpaired) electrons. The Balaban J connectivity index is 1.98. The summed E-state index contributed by atoms with van der Waals surface area (Å²) in [7, 11) is 1.71. The lowest BCUT2D eigenvalue weighted by molar-refractivity contribution is -0.142. The van der Waals surface area contributed by atoms with E-state index in [1.165, 1.54) is 12.8 Å². The van der Waals surface area contributed by atoms with Crippen LogP contribution in [0.2, 0.25) is 0 Å². The van der Waals surface area contributed by atoms with Gasteiger partial charge in [-0.05, 0) is 32.2 Å². The highest BCUT2D eigenvalue weighted by Crippen LogP contribution is 2.45. The van der Waals surface area contributed by atoms with Gasteiger partial charge in [0, 0.05) is 39.3 Å². The molecular weight excluding hydrogens is 240 g/mol. The molecule has 4 nitrogen and oxygen atoms in total. The highest BCUT2D eigenvalue weighted by Gasteiger charge is 2.53. The highest BCUT2D eigenvalue weighted by molar-refractivity contribution is 5.80. The second-order valence-electron chi connectivity index (χ2n) is 5.97. The van der Waals surface area contributed by atoms with Gasteiger partial charge < -0.3 is 9.64 Å². The van der Waals surface area contributed by atoms with Crippen LogP contribution in [-0.4, -0.2) is 61.1 Å². The maximum absolute atomic E-state index is 12.7. The number of hydrogen-bond acceptors (Lipinski definition) is 3. The SMILES string of the molecule is CCC(CCOC)C(=O)N1CCN(CC)CC12CC2. The van der Waals surface area contributed by atoms with Gasteiger partial charge in [0.15, 0.2) is 0 Å². The van der Waals surface area contributed by atoms with Crippen LogP contribution >= 0.6 is 0 Å². The fourth-order valence-corrected chi connectivity index (χ4v) is 3.23. The molecule has 2 fully saturated rings. The summed E-state index contributed by atoms with van der Waals surface area (Å²) in [4.78, 5) is 17.4. The van der Waals surface area contributed by atoms with E-state index < -0.39 is 0 Å². The Kier molecular flexibility index (Phi) is 4.85. The molecule has 1 unspecified atom stereocenters. The standard InChI is InChI=1S/C15H28N2O2/c1-4-13(6-11-19-3)14(18)17-10-9-16(5-2)12-15(17)7-8-15/h13H,4-12H2,1-3H3. The van der Waals surface area contributed by atoms with Gasteiger partial charge in [-0.15, -0.1) is 0 Å². The van der Waals surface area contributed by atoms with Crippen LogP contribution in [0.15, 0.2) is 0 Å². The molecule has 19 heavy (non-hydrogen) atoms. The van der Waals surface area contributed by atoms with E-state index in [-0.39, 0.29) is 11.5 Å². The molecule has 1 saturated carbocycles. The molecule has 1 aliphatic carbocycles. The first-order chi connectivity index (χ1) is 9.16. The van der Waals surface area contributed by atoms with Crippen molar-refractivity contribution in [2.45, 2.75) is 45.1 Å². The number of ether oxygens (including phenoxy) is 1. The predicted molar refractivity (Wildman–Crippen MR) is 76.1 cm³/mol. The monoisotopic (exact) mass is 268 g/mol. The van der Waals surface area contributed by atoms with E-state index in [0.717, 1.165) is 39.0 Å². The topological polar surface area (TPSA) is 32.8 Å². The van der Waals surface area contributed by atoms with Gasteiger partial charge in [0.25, 0.3) is 0 Å². The summed E-state index contributed by atoms with van der Waals surface area (Å²) in [6, 6.07) is 0. The number of likely N-dealkylation sites (N-methyl/N-ethyl adjacent to an activating group) is 1. The highest BCUT2D eigenvalue weighted by atomic mass is 16.5. The third-order valence-electron chi connectivity index (χ3n) is 4.78. The van der Waals surface area contributed by atoms with Crippen molar-refractivity contribution in [2.75, 3.05) is 39.9 Å². The molecule has 1 atom stereocenters. The molecule has 0 aromatic rings. The van der Waals surface area contributed by atoms with Crippen LogP contribution in [0.25, 0.3) is 0 Å². The van der Waals surface area contributed by atoms with Crippen molar-refractivity contribution in [1.82, 2.24) is 9.80 Å². The zero-order valence-corrected chi connectivity index (χ0v) is 12.7. The average Bonchev–Trinajstić information content (AvgIpc) is 3.19. The van der Waals surface area contributed by atoms with E-state index in [1.54, 1.807) is 7.11 Å². The van der Waals surface area contributed by atoms with Gasteiger partial charge in [-0.3, -0.25) is 9.69 Å². The summed E-state index contributed by atoms with van der Waals surface area (Å²) in [6.45, 7) is 9.13. The molecule has 1 saturated heterocycles. The number of carbonyl (C=O) groups excluding carboxylic acids is 1. The molecule has 2 aliphatic rings. The summed E-state index contributed by atoms with van der Waals surface area (Å²) in [6.07, 6.45) is 4.16. The third kappa shape index (κ3) is 3.11.